The second-order valence-corrected chi connectivity index (χ2v) is 8.21. The molecule has 0 saturated carbocycles. The van der Waals surface area contributed by atoms with Gasteiger partial charge in [0.15, 0.2) is 0 Å². The number of halogens is 1. The number of rotatable bonds is 12. The van der Waals surface area contributed by atoms with Gasteiger partial charge < -0.3 is 20.1 Å². The Labute approximate surface area is 184 Å². The molecule has 1 aromatic heterocycles. The van der Waals surface area contributed by atoms with Gasteiger partial charge >= 0.3 is 0 Å². The molecule has 0 fully saturated rings. The molecular formula is C24H35FN3O3. The normalized spacial score (nSPS) is 13.4. The Morgan fingerprint density at radius 3 is 2.48 bits per heavy atom. The summed E-state index contributed by atoms with van der Waals surface area (Å²) < 4.78 is 15.4. The Morgan fingerprint density at radius 1 is 1.23 bits per heavy atom. The van der Waals surface area contributed by atoms with Gasteiger partial charge in [-0.1, -0.05) is 34.1 Å². The molecule has 2 aromatic rings. The Bertz CT molecular complexity index is 833. The minimum absolute atomic E-state index is 0.0104. The number of aliphatic hydroxyl groups is 2. The van der Waals surface area contributed by atoms with E-state index in [1.165, 1.54) is 12.1 Å². The lowest BCUT2D eigenvalue weighted by molar-refractivity contribution is 0.0742. The van der Waals surface area contributed by atoms with E-state index in [0.717, 1.165) is 18.5 Å². The molecule has 0 aliphatic heterocycles. The molecular weight excluding hydrogens is 397 g/mol. The van der Waals surface area contributed by atoms with Gasteiger partial charge in [-0.3, -0.25) is 4.79 Å². The molecule has 171 valence electrons. The van der Waals surface area contributed by atoms with Crippen molar-refractivity contribution in [2.45, 2.75) is 77.5 Å². The van der Waals surface area contributed by atoms with E-state index in [1.54, 1.807) is 12.1 Å². The molecule has 1 heterocycles. The Kier molecular flexibility index (Phi) is 9.65. The van der Waals surface area contributed by atoms with E-state index in [-0.39, 0.29) is 24.1 Å². The van der Waals surface area contributed by atoms with Crippen LogP contribution in [-0.2, 0) is 6.54 Å². The van der Waals surface area contributed by atoms with E-state index in [9.17, 15) is 19.4 Å². The number of aliphatic hydroxyl groups excluding tert-OH is 2. The number of imidazole rings is 1. The van der Waals surface area contributed by atoms with Gasteiger partial charge in [-0.15, -0.1) is 0 Å². The van der Waals surface area contributed by atoms with Crippen LogP contribution in [0.2, 0.25) is 0 Å². The van der Waals surface area contributed by atoms with Crippen molar-refractivity contribution in [2.24, 2.45) is 0 Å². The zero-order chi connectivity index (χ0) is 23.0. The largest absolute Gasteiger partial charge is 0.393 e. The lowest BCUT2D eigenvalue weighted by Crippen LogP contribution is -2.26. The first-order valence-electron chi connectivity index (χ1n) is 11.1. The number of nitrogens with one attached hydrogen (secondary N) is 1. The standard InChI is InChI=1S/C24H35FN3O3/c1-5-7-13-26-24(31)21-22(16(3)4)28(14-12-20(30)15-19(29)6-2)23(27-21)17-8-10-18(25)11-9-17/h8-11,16,19-20,29-30H,2,5-7,12-15H2,1,3-4H3,(H,26,31). The first-order valence-corrected chi connectivity index (χ1v) is 11.1. The Morgan fingerprint density at radius 2 is 1.90 bits per heavy atom. The highest BCUT2D eigenvalue weighted by Crippen LogP contribution is 2.29. The smallest absolute Gasteiger partial charge is 0.271 e. The van der Waals surface area contributed by atoms with Gasteiger partial charge in [0.05, 0.1) is 17.9 Å². The average molecular weight is 433 g/mol. The van der Waals surface area contributed by atoms with Gasteiger partial charge in [0.2, 0.25) is 0 Å². The topological polar surface area (TPSA) is 87.4 Å². The maximum Gasteiger partial charge on any atom is 0.271 e. The van der Waals surface area contributed by atoms with Crippen LogP contribution in [0.4, 0.5) is 4.39 Å². The minimum atomic E-state index is -0.706. The second-order valence-electron chi connectivity index (χ2n) is 8.21. The molecule has 0 aliphatic rings. The monoisotopic (exact) mass is 432 g/mol. The molecule has 31 heavy (non-hydrogen) atoms. The second kappa shape index (κ2) is 12.0. The third-order valence-corrected chi connectivity index (χ3v) is 5.25. The fraction of sp³-hybridized carbons (Fsp3) is 0.542. The summed E-state index contributed by atoms with van der Waals surface area (Å²) in [5, 5.41) is 23.1. The SMILES string of the molecule is [CH2]CC(O)CC(O)CCn1c(-c2ccc(F)cc2)nc(C(=O)NCCCC)c1C(C)C. The number of unbranched alkanes of at least 4 members (excludes halogenated alkanes) is 1. The van der Waals surface area contributed by atoms with Crippen molar-refractivity contribution in [1.82, 2.24) is 14.9 Å². The summed E-state index contributed by atoms with van der Waals surface area (Å²) in [5.41, 5.74) is 1.83. The van der Waals surface area contributed by atoms with E-state index in [0.29, 0.717) is 43.0 Å². The zero-order valence-corrected chi connectivity index (χ0v) is 18.8. The fourth-order valence-electron chi connectivity index (χ4n) is 3.55. The molecule has 7 heteroatoms. The van der Waals surface area contributed by atoms with Crippen molar-refractivity contribution < 1.29 is 19.4 Å². The van der Waals surface area contributed by atoms with Crippen LogP contribution >= 0.6 is 0 Å². The van der Waals surface area contributed by atoms with E-state index < -0.39 is 12.2 Å². The molecule has 6 nitrogen and oxygen atoms in total. The molecule has 0 saturated heterocycles. The van der Waals surface area contributed by atoms with Crippen LogP contribution in [0.1, 0.15) is 75.0 Å². The number of carbonyl (C=O) groups excluding carboxylic acids is 1. The summed E-state index contributed by atoms with van der Waals surface area (Å²) in [6, 6.07) is 6.01. The predicted molar refractivity (Wildman–Crippen MR) is 120 cm³/mol. The van der Waals surface area contributed by atoms with Crippen LogP contribution in [0.15, 0.2) is 24.3 Å². The fourth-order valence-corrected chi connectivity index (χ4v) is 3.55. The molecule has 2 atom stereocenters. The summed E-state index contributed by atoms with van der Waals surface area (Å²) in [4.78, 5) is 17.5. The molecule has 1 aromatic carbocycles. The molecule has 1 radical (unpaired) electrons. The molecule has 3 N–H and O–H groups in total. The first kappa shape index (κ1) is 25.0. The number of benzene rings is 1. The van der Waals surface area contributed by atoms with Crippen molar-refractivity contribution in [3.05, 3.63) is 48.4 Å². The van der Waals surface area contributed by atoms with E-state index >= 15 is 0 Å². The van der Waals surface area contributed by atoms with Crippen molar-refractivity contribution >= 4 is 5.91 Å². The number of nitrogens with zero attached hydrogens (tertiary/aromatic N) is 2. The molecule has 0 spiro atoms. The van der Waals surface area contributed by atoms with Gasteiger partial charge in [0.1, 0.15) is 17.3 Å². The number of hydrogen-bond donors (Lipinski definition) is 3. The zero-order valence-electron chi connectivity index (χ0n) is 18.8. The van der Waals surface area contributed by atoms with E-state index in [4.69, 9.17) is 0 Å². The summed E-state index contributed by atoms with van der Waals surface area (Å²) in [7, 11) is 0. The maximum absolute atomic E-state index is 13.5. The summed E-state index contributed by atoms with van der Waals surface area (Å²) in [6.07, 6.45) is 1.46. The predicted octanol–water partition coefficient (Wildman–Crippen LogP) is 4.07. The third-order valence-electron chi connectivity index (χ3n) is 5.25. The lowest BCUT2D eigenvalue weighted by atomic mass is 10.1. The summed E-state index contributed by atoms with van der Waals surface area (Å²) in [6.45, 7) is 10.7. The van der Waals surface area contributed by atoms with E-state index in [2.05, 4.69) is 24.1 Å². The highest BCUT2D eigenvalue weighted by atomic mass is 19.1. The number of hydrogen-bond acceptors (Lipinski definition) is 4. The number of amides is 1. The van der Waals surface area contributed by atoms with Gasteiger partial charge in [-0.05, 0) is 55.9 Å². The first-order chi connectivity index (χ1) is 14.8. The van der Waals surface area contributed by atoms with Gasteiger partial charge in [0, 0.05) is 18.7 Å². The molecule has 0 aliphatic carbocycles. The van der Waals surface area contributed by atoms with Crippen LogP contribution in [0.5, 0.6) is 0 Å². The minimum Gasteiger partial charge on any atom is -0.393 e. The van der Waals surface area contributed by atoms with E-state index in [1.807, 2.05) is 18.4 Å². The van der Waals surface area contributed by atoms with Crippen LogP contribution < -0.4 is 5.32 Å². The Balaban J connectivity index is 2.42. The van der Waals surface area contributed by atoms with Crippen LogP contribution in [0.25, 0.3) is 11.4 Å². The third kappa shape index (κ3) is 6.87. The highest BCUT2D eigenvalue weighted by molar-refractivity contribution is 5.94. The highest BCUT2D eigenvalue weighted by Gasteiger charge is 2.25. The molecule has 1 amide bonds. The average Bonchev–Trinajstić information content (AvgIpc) is 3.12. The van der Waals surface area contributed by atoms with Crippen molar-refractivity contribution in [1.29, 1.82) is 0 Å². The Hall–Kier alpha value is -2.25. The van der Waals surface area contributed by atoms with Crippen molar-refractivity contribution in [3.8, 4) is 11.4 Å². The van der Waals surface area contributed by atoms with Crippen molar-refractivity contribution in [2.75, 3.05) is 6.54 Å². The van der Waals surface area contributed by atoms with Crippen LogP contribution in [0.3, 0.4) is 0 Å². The van der Waals surface area contributed by atoms with Crippen molar-refractivity contribution in [3.63, 3.8) is 0 Å². The van der Waals surface area contributed by atoms with Crippen LogP contribution in [-0.4, -0.2) is 44.4 Å². The molecule has 2 unspecified atom stereocenters. The summed E-state index contributed by atoms with van der Waals surface area (Å²) >= 11 is 0. The number of carbonyl (C=O) groups is 1. The van der Waals surface area contributed by atoms with Gasteiger partial charge in [0.25, 0.3) is 5.91 Å². The van der Waals surface area contributed by atoms with Gasteiger partial charge in [-0.2, -0.15) is 0 Å². The molecule has 0 bridgehead atoms. The summed E-state index contributed by atoms with van der Waals surface area (Å²) in [5.74, 6) is -0.00112. The number of aromatic nitrogens is 2. The lowest BCUT2D eigenvalue weighted by Gasteiger charge is -2.18. The molecule has 2 rings (SSSR count). The maximum atomic E-state index is 13.5. The van der Waals surface area contributed by atoms with Gasteiger partial charge in [-0.25, -0.2) is 9.37 Å². The van der Waals surface area contributed by atoms with Crippen LogP contribution in [0, 0.1) is 12.7 Å². The quantitative estimate of drug-likeness (QED) is 0.441.